The van der Waals surface area contributed by atoms with Gasteiger partial charge in [-0.15, -0.1) is 0 Å². The van der Waals surface area contributed by atoms with Gasteiger partial charge in [-0.05, 0) is 32.1 Å². The van der Waals surface area contributed by atoms with Crippen molar-refractivity contribution in [2.24, 2.45) is 5.92 Å². The van der Waals surface area contributed by atoms with Crippen molar-refractivity contribution in [3.63, 3.8) is 0 Å². The molecule has 1 N–H and O–H groups in total. The van der Waals surface area contributed by atoms with Crippen LogP contribution in [0, 0.1) is 12.8 Å². The predicted octanol–water partition coefficient (Wildman–Crippen LogP) is 1.20. The molecule has 1 saturated heterocycles. The van der Waals surface area contributed by atoms with Crippen molar-refractivity contribution in [1.82, 2.24) is 9.55 Å². The summed E-state index contributed by atoms with van der Waals surface area (Å²) in [4.78, 5) is 4.47. The van der Waals surface area contributed by atoms with E-state index in [1.54, 1.807) is 0 Å². The Bertz CT molecular complexity index is 546. The Balaban J connectivity index is 1.71. The molecule has 0 aromatic carbocycles. The van der Waals surface area contributed by atoms with E-state index in [1.807, 2.05) is 13.1 Å². The van der Waals surface area contributed by atoms with Crippen LogP contribution >= 0.6 is 0 Å². The van der Waals surface area contributed by atoms with Crippen LogP contribution in [0.1, 0.15) is 25.0 Å². The first-order chi connectivity index (χ1) is 8.52. The van der Waals surface area contributed by atoms with Gasteiger partial charge in [-0.3, -0.25) is 0 Å². The van der Waals surface area contributed by atoms with Gasteiger partial charge >= 0.3 is 0 Å². The highest BCUT2D eigenvalue weighted by atomic mass is 32.2. The number of imidazole rings is 1. The van der Waals surface area contributed by atoms with E-state index in [-0.39, 0.29) is 5.92 Å². The van der Waals surface area contributed by atoms with Crippen LogP contribution in [0.25, 0.3) is 0 Å². The zero-order valence-electron chi connectivity index (χ0n) is 10.6. The van der Waals surface area contributed by atoms with Gasteiger partial charge in [-0.1, -0.05) is 0 Å². The minimum atomic E-state index is -2.79. The first-order valence-corrected chi connectivity index (χ1v) is 8.35. The molecule has 3 rings (SSSR count). The summed E-state index contributed by atoms with van der Waals surface area (Å²) in [6.07, 6.45) is 5.21. The summed E-state index contributed by atoms with van der Waals surface area (Å²) in [6, 6.07) is 0.567. The summed E-state index contributed by atoms with van der Waals surface area (Å²) in [7, 11) is -2.79. The third-order valence-corrected chi connectivity index (χ3v) is 5.43. The standard InChI is InChI=1S/C12H19N3O2S/c1-9-6-15(12(13-9)14-11-2-3-11)7-10-4-5-18(16,17)8-10/h6,10-11H,2-5,7-8H2,1H3,(H,13,14). The smallest absolute Gasteiger partial charge is 0.203 e. The molecule has 2 fully saturated rings. The average Bonchev–Trinajstić information content (AvgIpc) is 2.92. The number of anilines is 1. The maximum absolute atomic E-state index is 11.5. The van der Waals surface area contributed by atoms with Crippen molar-refractivity contribution in [3.05, 3.63) is 11.9 Å². The van der Waals surface area contributed by atoms with Gasteiger partial charge in [0, 0.05) is 18.8 Å². The summed E-state index contributed by atoms with van der Waals surface area (Å²) in [6.45, 7) is 2.73. The largest absolute Gasteiger partial charge is 0.353 e. The number of aryl methyl sites for hydroxylation is 1. The lowest BCUT2D eigenvalue weighted by Gasteiger charge is -2.12. The van der Waals surface area contributed by atoms with Crippen LogP contribution in [0.2, 0.25) is 0 Å². The van der Waals surface area contributed by atoms with Gasteiger partial charge in [0.1, 0.15) is 0 Å². The zero-order chi connectivity index (χ0) is 12.8. The van der Waals surface area contributed by atoms with Crippen molar-refractivity contribution in [2.45, 2.75) is 38.8 Å². The molecule has 2 aliphatic rings. The van der Waals surface area contributed by atoms with Gasteiger partial charge in [0.05, 0.1) is 17.2 Å². The quantitative estimate of drug-likeness (QED) is 0.892. The van der Waals surface area contributed by atoms with Crippen molar-refractivity contribution >= 4 is 15.8 Å². The number of hydrogen-bond acceptors (Lipinski definition) is 4. The number of aromatic nitrogens is 2. The molecule has 5 nitrogen and oxygen atoms in total. The van der Waals surface area contributed by atoms with Crippen LogP contribution in [0.15, 0.2) is 6.20 Å². The molecule has 1 aromatic rings. The van der Waals surface area contributed by atoms with E-state index in [0.29, 0.717) is 17.5 Å². The molecule has 1 atom stereocenters. The van der Waals surface area contributed by atoms with Crippen molar-refractivity contribution in [1.29, 1.82) is 0 Å². The fourth-order valence-electron chi connectivity index (χ4n) is 2.51. The lowest BCUT2D eigenvalue weighted by Crippen LogP contribution is -2.15. The SMILES string of the molecule is Cc1cn(CC2CCS(=O)(=O)C2)c(NC2CC2)n1. The van der Waals surface area contributed by atoms with E-state index >= 15 is 0 Å². The molecule has 1 saturated carbocycles. The second kappa shape index (κ2) is 4.26. The highest BCUT2D eigenvalue weighted by Crippen LogP contribution is 2.26. The van der Waals surface area contributed by atoms with Crippen molar-refractivity contribution in [2.75, 3.05) is 16.8 Å². The van der Waals surface area contributed by atoms with E-state index in [2.05, 4.69) is 14.9 Å². The molecule has 1 aromatic heterocycles. The molecule has 2 heterocycles. The average molecular weight is 269 g/mol. The first-order valence-electron chi connectivity index (χ1n) is 6.52. The van der Waals surface area contributed by atoms with Gasteiger partial charge < -0.3 is 9.88 Å². The Morgan fingerprint density at radius 2 is 2.22 bits per heavy atom. The maximum Gasteiger partial charge on any atom is 0.203 e. The Kier molecular flexibility index (Phi) is 2.84. The lowest BCUT2D eigenvalue weighted by molar-refractivity contribution is 0.493. The molecule has 0 bridgehead atoms. The highest BCUT2D eigenvalue weighted by Gasteiger charge is 2.29. The van der Waals surface area contributed by atoms with Crippen LogP contribution < -0.4 is 5.32 Å². The van der Waals surface area contributed by atoms with Gasteiger partial charge in [-0.2, -0.15) is 0 Å². The fourth-order valence-corrected chi connectivity index (χ4v) is 4.36. The zero-order valence-corrected chi connectivity index (χ0v) is 11.4. The molecule has 6 heteroatoms. The van der Waals surface area contributed by atoms with Crippen LogP contribution in [-0.4, -0.2) is 35.5 Å². The molecule has 1 unspecified atom stereocenters. The predicted molar refractivity (Wildman–Crippen MR) is 70.4 cm³/mol. The van der Waals surface area contributed by atoms with Gasteiger partial charge in [0.25, 0.3) is 0 Å². The molecule has 1 aliphatic carbocycles. The lowest BCUT2D eigenvalue weighted by atomic mass is 10.1. The van der Waals surface area contributed by atoms with E-state index in [1.165, 1.54) is 12.8 Å². The fraction of sp³-hybridized carbons (Fsp3) is 0.750. The van der Waals surface area contributed by atoms with Crippen LogP contribution in [0.3, 0.4) is 0 Å². The van der Waals surface area contributed by atoms with Gasteiger partial charge in [0.15, 0.2) is 9.84 Å². The number of nitrogens with zero attached hydrogens (tertiary/aromatic N) is 2. The Labute approximate surface area is 108 Å². The topological polar surface area (TPSA) is 64.0 Å². The maximum atomic E-state index is 11.5. The summed E-state index contributed by atoms with van der Waals surface area (Å²) in [5.41, 5.74) is 0.985. The minimum absolute atomic E-state index is 0.239. The second-order valence-corrected chi connectivity index (χ2v) is 7.77. The molecule has 100 valence electrons. The number of nitrogens with one attached hydrogen (secondary N) is 1. The van der Waals surface area contributed by atoms with Crippen LogP contribution in [0.5, 0.6) is 0 Å². The summed E-state index contributed by atoms with van der Waals surface area (Å²) < 4.78 is 25.0. The third-order valence-electron chi connectivity index (χ3n) is 3.59. The van der Waals surface area contributed by atoms with Crippen molar-refractivity contribution < 1.29 is 8.42 Å². The first kappa shape index (κ1) is 12.0. The Morgan fingerprint density at radius 3 is 2.83 bits per heavy atom. The normalized spacial score (nSPS) is 26.4. The molecule has 0 spiro atoms. The van der Waals surface area contributed by atoms with E-state index < -0.39 is 9.84 Å². The molecule has 0 amide bonds. The second-order valence-electron chi connectivity index (χ2n) is 5.55. The highest BCUT2D eigenvalue weighted by molar-refractivity contribution is 7.91. The summed E-state index contributed by atoms with van der Waals surface area (Å²) in [5, 5.41) is 3.40. The van der Waals surface area contributed by atoms with Crippen LogP contribution in [0.4, 0.5) is 5.95 Å². The Hall–Kier alpha value is -1.04. The van der Waals surface area contributed by atoms with Gasteiger partial charge in [0.2, 0.25) is 5.95 Å². The minimum Gasteiger partial charge on any atom is -0.353 e. The van der Waals surface area contributed by atoms with E-state index in [0.717, 1.165) is 24.6 Å². The van der Waals surface area contributed by atoms with Gasteiger partial charge in [-0.25, -0.2) is 13.4 Å². The van der Waals surface area contributed by atoms with E-state index in [4.69, 9.17) is 0 Å². The molecular formula is C12H19N3O2S. The Morgan fingerprint density at radius 1 is 1.44 bits per heavy atom. The van der Waals surface area contributed by atoms with Crippen molar-refractivity contribution in [3.8, 4) is 0 Å². The molecule has 1 aliphatic heterocycles. The molecule has 18 heavy (non-hydrogen) atoms. The molecular weight excluding hydrogens is 250 g/mol. The monoisotopic (exact) mass is 269 g/mol. The van der Waals surface area contributed by atoms with Crippen LogP contribution in [-0.2, 0) is 16.4 Å². The summed E-state index contributed by atoms with van der Waals surface area (Å²) >= 11 is 0. The summed E-state index contributed by atoms with van der Waals surface area (Å²) in [5.74, 6) is 1.81. The van der Waals surface area contributed by atoms with E-state index in [9.17, 15) is 8.42 Å². The molecule has 0 radical (unpaired) electrons. The number of rotatable bonds is 4. The third kappa shape index (κ3) is 2.68. The number of hydrogen-bond donors (Lipinski definition) is 1. The number of sulfone groups is 1.